The van der Waals surface area contributed by atoms with E-state index in [9.17, 15) is 9.59 Å². The summed E-state index contributed by atoms with van der Waals surface area (Å²) in [5.41, 5.74) is 7.13. The first-order valence-corrected chi connectivity index (χ1v) is 10.3. The largest absolute Gasteiger partial charge is 0.497 e. The van der Waals surface area contributed by atoms with Crippen LogP contribution in [0.5, 0.6) is 5.75 Å². The Morgan fingerprint density at radius 3 is 2.87 bits per heavy atom. The highest BCUT2D eigenvalue weighted by molar-refractivity contribution is 5.75. The summed E-state index contributed by atoms with van der Waals surface area (Å²) in [4.78, 5) is 28.0. The van der Waals surface area contributed by atoms with Crippen LogP contribution >= 0.6 is 0 Å². The van der Waals surface area contributed by atoms with E-state index in [1.165, 1.54) is 0 Å². The van der Waals surface area contributed by atoms with Gasteiger partial charge in [0.1, 0.15) is 11.4 Å². The molecule has 4 amide bonds. The average Bonchev–Trinajstić information content (AvgIpc) is 3.47. The van der Waals surface area contributed by atoms with Crippen LogP contribution in [0.1, 0.15) is 31.4 Å². The van der Waals surface area contributed by atoms with Gasteiger partial charge in [-0.25, -0.2) is 9.59 Å². The maximum atomic E-state index is 12.7. The maximum absolute atomic E-state index is 12.7. The first-order valence-electron chi connectivity index (χ1n) is 10.3. The van der Waals surface area contributed by atoms with Gasteiger partial charge in [0.2, 0.25) is 0 Å². The van der Waals surface area contributed by atoms with Crippen molar-refractivity contribution in [3.8, 4) is 17.0 Å². The maximum Gasteiger partial charge on any atom is 0.317 e. The Hall–Kier alpha value is -3.23. The van der Waals surface area contributed by atoms with E-state index in [0.717, 1.165) is 37.0 Å². The normalized spacial score (nSPS) is 18.7. The number of aromatic nitrogens is 1. The molecule has 9 nitrogen and oxygen atoms in total. The van der Waals surface area contributed by atoms with Gasteiger partial charge in [-0.2, -0.15) is 0 Å². The summed E-state index contributed by atoms with van der Waals surface area (Å²) in [6, 6.07) is 8.98. The van der Waals surface area contributed by atoms with Gasteiger partial charge in [0.25, 0.3) is 0 Å². The zero-order chi connectivity index (χ0) is 21.1. The molecule has 2 fully saturated rings. The Bertz CT molecular complexity index is 910. The number of likely N-dealkylation sites (tertiary alicyclic amines) is 1. The van der Waals surface area contributed by atoms with E-state index in [2.05, 4.69) is 10.5 Å². The van der Waals surface area contributed by atoms with Crippen molar-refractivity contribution in [2.45, 2.75) is 44.3 Å². The van der Waals surface area contributed by atoms with Crippen LogP contribution in [0.3, 0.4) is 0 Å². The van der Waals surface area contributed by atoms with E-state index in [-0.39, 0.29) is 24.7 Å². The molecule has 1 saturated carbocycles. The number of primary amides is 1. The summed E-state index contributed by atoms with van der Waals surface area (Å²) >= 11 is 0. The van der Waals surface area contributed by atoms with Gasteiger partial charge >= 0.3 is 12.1 Å². The minimum Gasteiger partial charge on any atom is -0.497 e. The number of hydrogen-bond donors (Lipinski definition) is 2. The summed E-state index contributed by atoms with van der Waals surface area (Å²) in [5, 5.41) is 6.96. The number of methoxy groups -OCH3 is 1. The van der Waals surface area contributed by atoms with Gasteiger partial charge in [0, 0.05) is 30.8 Å². The van der Waals surface area contributed by atoms with Gasteiger partial charge in [0.05, 0.1) is 19.7 Å². The zero-order valence-corrected chi connectivity index (χ0v) is 17.0. The monoisotopic (exact) mass is 413 g/mol. The van der Waals surface area contributed by atoms with Gasteiger partial charge in [-0.05, 0) is 37.8 Å². The minimum atomic E-state index is -0.392. The minimum absolute atomic E-state index is 0.0144. The van der Waals surface area contributed by atoms with E-state index in [1.807, 2.05) is 24.3 Å². The first-order chi connectivity index (χ1) is 14.5. The van der Waals surface area contributed by atoms with Crippen LogP contribution in [0.2, 0.25) is 0 Å². The summed E-state index contributed by atoms with van der Waals surface area (Å²) in [7, 11) is 1.61. The lowest BCUT2D eigenvalue weighted by molar-refractivity contribution is 0.119. The highest BCUT2D eigenvalue weighted by Crippen LogP contribution is 2.31. The second-order valence-electron chi connectivity index (χ2n) is 7.79. The molecular formula is C21H27N5O4. The number of nitrogens with two attached hydrogens (primary N) is 1. The van der Waals surface area contributed by atoms with Gasteiger partial charge < -0.3 is 30.1 Å². The molecule has 1 aliphatic carbocycles. The molecule has 2 heterocycles. The number of urea groups is 2. The molecule has 1 atom stereocenters. The molecule has 30 heavy (non-hydrogen) atoms. The molecule has 1 aliphatic heterocycles. The number of benzene rings is 1. The zero-order valence-electron chi connectivity index (χ0n) is 17.0. The quantitative estimate of drug-likeness (QED) is 0.755. The van der Waals surface area contributed by atoms with Crippen molar-refractivity contribution >= 4 is 12.1 Å². The van der Waals surface area contributed by atoms with Crippen LogP contribution in [0, 0.1) is 0 Å². The molecule has 1 aromatic heterocycles. The molecule has 1 aromatic carbocycles. The molecule has 2 aromatic rings. The Balaban J connectivity index is 1.33. The van der Waals surface area contributed by atoms with Crippen molar-refractivity contribution in [1.82, 2.24) is 20.3 Å². The van der Waals surface area contributed by atoms with E-state index < -0.39 is 6.03 Å². The SMILES string of the molecule is COc1cccc(-c2cc(CNC(=O)N3CCCC(N(C(N)=O)C4CC4)C3)on2)c1. The number of ether oxygens (including phenoxy) is 1. The molecule has 3 N–H and O–H groups in total. The Kier molecular flexibility index (Phi) is 5.78. The summed E-state index contributed by atoms with van der Waals surface area (Å²) < 4.78 is 10.6. The van der Waals surface area contributed by atoms with Gasteiger partial charge in [0.15, 0.2) is 5.76 Å². The van der Waals surface area contributed by atoms with Gasteiger partial charge in [-0.15, -0.1) is 0 Å². The molecule has 0 spiro atoms. The van der Waals surface area contributed by atoms with Crippen LogP contribution in [0.25, 0.3) is 11.3 Å². The second-order valence-corrected chi connectivity index (χ2v) is 7.79. The van der Waals surface area contributed by atoms with Crippen molar-refractivity contribution < 1.29 is 18.8 Å². The lowest BCUT2D eigenvalue weighted by Crippen LogP contribution is -2.55. The first kappa shape index (κ1) is 20.1. The number of carbonyl (C=O) groups excluding carboxylic acids is 2. The molecule has 4 rings (SSSR count). The number of nitrogens with one attached hydrogen (secondary N) is 1. The third-order valence-electron chi connectivity index (χ3n) is 5.61. The Morgan fingerprint density at radius 1 is 1.30 bits per heavy atom. The van der Waals surface area contributed by atoms with E-state index >= 15 is 0 Å². The van der Waals surface area contributed by atoms with Crippen LogP contribution in [0.15, 0.2) is 34.9 Å². The summed E-state index contributed by atoms with van der Waals surface area (Å²) in [5.74, 6) is 1.30. The van der Waals surface area contributed by atoms with Crippen molar-refractivity contribution in [3.05, 3.63) is 36.1 Å². The fraction of sp³-hybridized carbons (Fsp3) is 0.476. The van der Waals surface area contributed by atoms with Crippen LogP contribution in [-0.2, 0) is 6.54 Å². The van der Waals surface area contributed by atoms with Crippen LogP contribution in [0.4, 0.5) is 9.59 Å². The third-order valence-corrected chi connectivity index (χ3v) is 5.61. The summed E-state index contributed by atoms with van der Waals surface area (Å²) in [6.45, 7) is 1.39. The number of hydrogen-bond acceptors (Lipinski definition) is 5. The molecule has 0 bridgehead atoms. The topological polar surface area (TPSA) is 114 Å². The second kappa shape index (κ2) is 8.64. The fourth-order valence-electron chi connectivity index (χ4n) is 3.97. The predicted octanol–water partition coefficient (Wildman–Crippen LogP) is 2.57. The average molecular weight is 413 g/mol. The molecule has 2 aliphatic rings. The summed E-state index contributed by atoms with van der Waals surface area (Å²) in [6.07, 6.45) is 3.70. The van der Waals surface area contributed by atoms with Crippen molar-refractivity contribution in [3.63, 3.8) is 0 Å². The smallest absolute Gasteiger partial charge is 0.317 e. The van der Waals surface area contributed by atoms with Crippen LogP contribution < -0.4 is 15.8 Å². The van der Waals surface area contributed by atoms with Crippen molar-refractivity contribution in [2.24, 2.45) is 5.73 Å². The number of amides is 4. The Morgan fingerprint density at radius 2 is 2.13 bits per heavy atom. The lowest BCUT2D eigenvalue weighted by Gasteiger charge is -2.38. The number of nitrogens with zero attached hydrogens (tertiary/aromatic N) is 3. The molecular weight excluding hydrogens is 386 g/mol. The number of piperidine rings is 1. The van der Waals surface area contributed by atoms with Crippen LogP contribution in [-0.4, -0.2) is 59.3 Å². The van der Waals surface area contributed by atoms with E-state index in [4.69, 9.17) is 15.0 Å². The predicted molar refractivity (Wildman–Crippen MR) is 110 cm³/mol. The molecule has 1 unspecified atom stereocenters. The van der Waals surface area contributed by atoms with Crippen molar-refractivity contribution in [2.75, 3.05) is 20.2 Å². The third kappa shape index (κ3) is 4.50. The van der Waals surface area contributed by atoms with E-state index in [1.54, 1.807) is 23.0 Å². The van der Waals surface area contributed by atoms with Crippen molar-refractivity contribution in [1.29, 1.82) is 0 Å². The van der Waals surface area contributed by atoms with E-state index in [0.29, 0.717) is 24.5 Å². The molecule has 0 radical (unpaired) electrons. The molecule has 9 heteroatoms. The fourth-order valence-corrected chi connectivity index (χ4v) is 3.97. The Labute approximate surface area is 175 Å². The number of rotatable bonds is 6. The highest BCUT2D eigenvalue weighted by Gasteiger charge is 2.38. The molecule has 160 valence electrons. The van der Waals surface area contributed by atoms with Gasteiger partial charge in [-0.3, -0.25) is 0 Å². The highest BCUT2D eigenvalue weighted by atomic mass is 16.5. The standard InChI is InChI=1S/C21H27N5O4/c1-29-17-6-2-4-14(10-17)19-11-18(30-24-19)12-23-21(28)25-9-3-5-16(13-25)26(20(22)27)15-7-8-15/h2,4,6,10-11,15-16H,3,5,7-9,12-13H2,1H3,(H2,22,27)(H,23,28). The molecule has 1 saturated heterocycles. The van der Waals surface area contributed by atoms with Gasteiger partial charge in [-0.1, -0.05) is 17.3 Å². The number of carbonyl (C=O) groups is 2. The lowest BCUT2D eigenvalue weighted by atomic mass is 10.0.